The summed E-state index contributed by atoms with van der Waals surface area (Å²) >= 11 is 0. The van der Waals surface area contributed by atoms with Crippen molar-refractivity contribution in [2.75, 3.05) is 32.3 Å². The van der Waals surface area contributed by atoms with Crippen molar-refractivity contribution in [2.24, 2.45) is 0 Å². The molecule has 37 heavy (non-hydrogen) atoms. The molecule has 2 aliphatic rings. The van der Waals surface area contributed by atoms with Crippen molar-refractivity contribution in [3.8, 4) is 23.0 Å². The Bertz CT molecular complexity index is 1390. The predicted octanol–water partition coefficient (Wildman–Crippen LogP) is 4.66. The summed E-state index contributed by atoms with van der Waals surface area (Å²) in [6, 6.07) is 16.7. The van der Waals surface area contributed by atoms with Gasteiger partial charge in [-0.3, -0.25) is 14.5 Å². The third-order valence-electron chi connectivity index (χ3n) is 6.61. The van der Waals surface area contributed by atoms with Gasteiger partial charge in [0.1, 0.15) is 19.0 Å². The van der Waals surface area contributed by atoms with Gasteiger partial charge in [-0.25, -0.2) is 0 Å². The van der Waals surface area contributed by atoms with Crippen LogP contribution in [0.4, 0.5) is 5.69 Å². The van der Waals surface area contributed by atoms with Gasteiger partial charge in [0.15, 0.2) is 23.0 Å². The van der Waals surface area contributed by atoms with Crippen molar-refractivity contribution < 1.29 is 33.6 Å². The van der Waals surface area contributed by atoms with Crippen LogP contribution in [0.1, 0.15) is 29.7 Å². The summed E-state index contributed by atoms with van der Waals surface area (Å²) in [6.07, 6.45) is 0.841. The average molecular weight is 502 g/mol. The van der Waals surface area contributed by atoms with Crippen LogP contribution in [0, 0.1) is 0 Å². The van der Waals surface area contributed by atoms with E-state index in [1.807, 2.05) is 31.2 Å². The lowest BCUT2D eigenvalue weighted by molar-refractivity contribution is -0.132. The van der Waals surface area contributed by atoms with Crippen molar-refractivity contribution in [1.82, 2.24) is 0 Å². The molecule has 1 amide bonds. The fourth-order valence-corrected chi connectivity index (χ4v) is 4.67. The van der Waals surface area contributed by atoms with Crippen LogP contribution in [0.15, 0.2) is 66.2 Å². The molecule has 1 unspecified atom stereocenters. The van der Waals surface area contributed by atoms with Gasteiger partial charge < -0.3 is 24.1 Å². The van der Waals surface area contributed by atoms with Crippen LogP contribution in [-0.2, 0) is 16.0 Å². The fourth-order valence-electron chi connectivity index (χ4n) is 4.67. The Labute approximate surface area is 214 Å². The molecule has 1 saturated heterocycles. The SMILES string of the molecule is CCc1ccc(C2/C(=C(/O)c3ccc4c(c3)OCCO4)C(=O)C(=O)N2c2ccc(OC)c(OC)c2)cc1. The fraction of sp³-hybridized carbons (Fsp3) is 0.241. The number of aliphatic hydroxyl groups is 1. The Morgan fingerprint density at radius 3 is 2.30 bits per heavy atom. The summed E-state index contributed by atoms with van der Waals surface area (Å²) in [5.41, 5.74) is 2.57. The summed E-state index contributed by atoms with van der Waals surface area (Å²) in [6.45, 7) is 2.86. The van der Waals surface area contributed by atoms with Crippen molar-refractivity contribution in [3.05, 3.63) is 82.9 Å². The smallest absolute Gasteiger partial charge is 0.300 e. The summed E-state index contributed by atoms with van der Waals surface area (Å²) < 4.78 is 22.0. The molecule has 1 atom stereocenters. The number of carbonyl (C=O) groups excluding carboxylic acids is 2. The quantitative estimate of drug-likeness (QED) is 0.298. The molecule has 0 saturated carbocycles. The molecule has 5 rings (SSSR count). The van der Waals surface area contributed by atoms with Crippen LogP contribution < -0.4 is 23.8 Å². The van der Waals surface area contributed by atoms with Crippen LogP contribution in [0.2, 0.25) is 0 Å². The first kappa shape index (κ1) is 24.2. The van der Waals surface area contributed by atoms with E-state index < -0.39 is 17.7 Å². The number of carbonyl (C=O) groups is 2. The van der Waals surface area contributed by atoms with Crippen LogP contribution in [0.3, 0.4) is 0 Å². The number of hydrogen-bond donors (Lipinski definition) is 1. The molecule has 190 valence electrons. The first-order valence-electron chi connectivity index (χ1n) is 12.0. The number of ether oxygens (including phenoxy) is 4. The van der Waals surface area contributed by atoms with E-state index in [-0.39, 0.29) is 11.3 Å². The average Bonchev–Trinajstić information content (AvgIpc) is 3.21. The van der Waals surface area contributed by atoms with Gasteiger partial charge in [0, 0.05) is 17.3 Å². The Morgan fingerprint density at radius 2 is 1.62 bits per heavy atom. The number of aryl methyl sites for hydroxylation is 1. The highest BCUT2D eigenvalue weighted by atomic mass is 16.6. The number of benzene rings is 3. The second-order valence-electron chi connectivity index (χ2n) is 8.66. The van der Waals surface area contributed by atoms with E-state index in [1.165, 1.54) is 19.1 Å². The molecule has 8 nitrogen and oxygen atoms in total. The van der Waals surface area contributed by atoms with Gasteiger partial charge in [-0.05, 0) is 47.9 Å². The molecule has 1 fully saturated rings. The largest absolute Gasteiger partial charge is 0.507 e. The Kier molecular flexibility index (Phi) is 6.48. The lowest BCUT2D eigenvalue weighted by Crippen LogP contribution is -2.29. The van der Waals surface area contributed by atoms with E-state index in [2.05, 4.69) is 0 Å². The van der Waals surface area contributed by atoms with Crippen molar-refractivity contribution in [2.45, 2.75) is 19.4 Å². The predicted molar refractivity (Wildman–Crippen MR) is 138 cm³/mol. The third-order valence-corrected chi connectivity index (χ3v) is 6.61. The highest BCUT2D eigenvalue weighted by molar-refractivity contribution is 6.51. The van der Waals surface area contributed by atoms with Gasteiger partial charge in [-0.15, -0.1) is 0 Å². The number of nitrogens with zero attached hydrogens (tertiary/aromatic N) is 1. The lowest BCUT2D eigenvalue weighted by atomic mass is 9.94. The second kappa shape index (κ2) is 9.89. The molecule has 0 aromatic heterocycles. The number of ketones is 1. The molecule has 0 radical (unpaired) electrons. The van der Waals surface area contributed by atoms with E-state index in [4.69, 9.17) is 18.9 Å². The summed E-state index contributed by atoms with van der Waals surface area (Å²) in [5.74, 6) is 0.0934. The van der Waals surface area contributed by atoms with E-state index in [1.54, 1.807) is 36.4 Å². The van der Waals surface area contributed by atoms with Gasteiger partial charge in [0.2, 0.25) is 0 Å². The standard InChI is InChI=1S/C29H27NO7/c1-4-17-5-7-18(8-6-17)26-25(27(31)19-9-11-22-24(15-19)37-14-13-36-22)28(32)29(33)30(26)20-10-12-21(34-2)23(16-20)35-3/h5-12,15-16,26,31H,4,13-14H2,1-3H3/b27-25-. The van der Waals surface area contributed by atoms with Crippen LogP contribution >= 0.6 is 0 Å². The second-order valence-corrected chi connectivity index (χ2v) is 8.66. The van der Waals surface area contributed by atoms with Gasteiger partial charge in [-0.1, -0.05) is 31.2 Å². The molecule has 8 heteroatoms. The minimum absolute atomic E-state index is 0.0132. The zero-order valence-electron chi connectivity index (χ0n) is 20.8. The normalized spacial score (nSPS) is 18.1. The molecule has 3 aromatic rings. The van der Waals surface area contributed by atoms with Gasteiger partial charge >= 0.3 is 0 Å². The third kappa shape index (κ3) is 4.24. The Balaban J connectivity index is 1.68. The highest BCUT2D eigenvalue weighted by Gasteiger charge is 2.47. The van der Waals surface area contributed by atoms with Crippen molar-refractivity contribution in [1.29, 1.82) is 0 Å². The number of methoxy groups -OCH3 is 2. The Morgan fingerprint density at radius 1 is 0.919 bits per heavy atom. The molecular formula is C29H27NO7. The first-order valence-corrected chi connectivity index (χ1v) is 12.0. The minimum Gasteiger partial charge on any atom is -0.507 e. The molecule has 3 aromatic carbocycles. The Hall–Kier alpha value is -4.46. The van der Waals surface area contributed by atoms with E-state index in [0.29, 0.717) is 53.0 Å². The zero-order valence-corrected chi connectivity index (χ0v) is 20.8. The van der Waals surface area contributed by atoms with E-state index in [9.17, 15) is 14.7 Å². The molecule has 0 spiro atoms. The van der Waals surface area contributed by atoms with Crippen LogP contribution in [-0.4, -0.2) is 44.2 Å². The maximum Gasteiger partial charge on any atom is 0.300 e. The minimum atomic E-state index is -0.864. The summed E-state index contributed by atoms with van der Waals surface area (Å²) in [5, 5.41) is 11.4. The number of aliphatic hydroxyl groups excluding tert-OH is 1. The maximum atomic E-state index is 13.5. The van der Waals surface area contributed by atoms with Crippen LogP contribution in [0.5, 0.6) is 23.0 Å². The van der Waals surface area contributed by atoms with Crippen molar-refractivity contribution >= 4 is 23.1 Å². The van der Waals surface area contributed by atoms with E-state index >= 15 is 0 Å². The molecule has 2 heterocycles. The van der Waals surface area contributed by atoms with Crippen molar-refractivity contribution in [3.63, 3.8) is 0 Å². The number of anilines is 1. The zero-order chi connectivity index (χ0) is 26.1. The number of hydrogen-bond acceptors (Lipinski definition) is 7. The number of rotatable bonds is 6. The number of Topliss-reactive ketones (excluding diaryl/α,β-unsaturated/α-hetero) is 1. The molecular weight excluding hydrogens is 474 g/mol. The van der Waals surface area contributed by atoms with Crippen LogP contribution in [0.25, 0.3) is 5.76 Å². The van der Waals surface area contributed by atoms with Gasteiger partial charge in [0.05, 0.1) is 25.8 Å². The number of amides is 1. The molecule has 0 bridgehead atoms. The molecule has 0 aliphatic carbocycles. The summed E-state index contributed by atoms with van der Waals surface area (Å²) in [4.78, 5) is 28.3. The molecule has 2 aliphatic heterocycles. The maximum absolute atomic E-state index is 13.5. The monoisotopic (exact) mass is 501 g/mol. The topological polar surface area (TPSA) is 94.5 Å². The first-order chi connectivity index (χ1) is 18.0. The van der Waals surface area contributed by atoms with Gasteiger partial charge in [-0.2, -0.15) is 0 Å². The van der Waals surface area contributed by atoms with E-state index in [0.717, 1.165) is 12.0 Å². The number of fused-ring (bicyclic) bond motifs is 1. The lowest BCUT2D eigenvalue weighted by Gasteiger charge is -2.26. The highest BCUT2D eigenvalue weighted by Crippen LogP contribution is 2.45. The van der Waals surface area contributed by atoms with Gasteiger partial charge in [0.25, 0.3) is 11.7 Å². The summed E-state index contributed by atoms with van der Waals surface area (Å²) in [7, 11) is 3.02. The molecule has 1 N–H and O–H groups in total.